The third-order valence-corrected chi connectivity index (χ3v) is 8.78. The van der Waals surface area contributed by atoms with Crippen LogP contribution in [0.2, 0.25) is 0 Å². The summed E-state index contributed by atoms with van der Waals surface area (Å²) in [6, 6.07) is 9.18. The molecule has 10 nitrogen and oxygen atoms in total. The first-order valence-electron chi connectivity index (χ1n) is 12.3. The minimum atomic E-state index is -3.74. The van der Waals surface area contributed by atoms with Gasteiger partial charge in [0.25, 0.3) is 0 Å². The second-order valence-electron chi connectivity index (χ2n) is 10.0. The Labute approximate surface area is 218 Å². The Hall–Kier alpha value is -4.06. The number of primary amides is 1. The number of nitrogen functional groups attached to an aromatic ring is 1. The second-order valence-corrected chi connectivity index (χ2v) is 12.0. The monoisotopic (exact) mass is 535 g/mol. The van der Waals surface area contributed by atoms with Crippen molar-refractivity contribution in [2.24, 2.45) is 5.73 Å². The van der Waals surface area contributed by atoms with Gasteiger partial charge in [0.15, 0.2) is 15.5 Å². The fourth-order valence-corrected chi connectivity index (χ4v) is 7.04. The fraction of sp³-hybridized carbons (Fsp3) is 0.308. The Morgan fingerprint density at radius 1 is 1.03 bits per heavy atom. The Balaban J connectivity index is 1.44. The fourth-order valence-electron chi connectivity index (χ4n) is 5.98. The molecule has 2 unspecified atom stereocenters. The smallest absolute Gasteiger partial charge is 0.315 e. The number of hydrogen-bond acceptors (Lipinski definition) is 7. The molecule has 2 aliphatic heterocycles. The van der Waals surface area contributed by atoms with E-state index in [2.05, 4.69) is 10.1 Å². The van der Waals surface area contributed by atoms with Gasteiger partial charge in [-0.1, -0.05) is 6.07 Å². The molecule has 5 heterocycles. The van der Waals surface area contributed by atoms with E-state index in [0.717, 1.165) is 30.2 Å². The summed E-state index contributed by atoms with van der Waals surface area (Å²) in [7, 11) is -3.74. The lowest BCUT2D eigenvalue weighted by atomic mass is 9.88. The van der Waals surface area contributed by atoms with Crippen LogP contribution in [0.25, 0.3) is 28.0 Å². The zero-order valence-electron chi connectivity index (χ0n) is 20.6. The normalized spacial score (nSPS) is 21.2. The minimum Gasteiger partial charge on any atom is -0.382 e. The van der Waals surface area contributed by atoms with Crippen molar-refractivity contribution in [3.05, 3.63) is 60.3 Å². The van der Waals surface area contributed by atoms with Gasteiger partial charge in [0.2, 0.25) is 0 Å². The number of piperidine rings is 1. The van der Waals surface area contributed by atoms with Crippen molar-refractivity contribution in [1.82, 2.24) is 24.5 Å². The Bertz CT molecular complexity index is 1660. The average molecular weight is 536 g/mol. The predicted molar refractivity (Wildman–Crippen MR) is 139 cm³/mol. The molecular weight excluding hydrogens is 509 g/mol. The molecule has 38 heavy (non-hydrogen) atoms. The van der Waals surface area contributed by atoms with Gasteiger partial charge in [0.05, 0.1) is 17.6 Å². The number of urea groups is 1. The number of nitrogens with zero attached hydrogens (tertiary/aromatic N) is 5. The van der Waals surface area contributed by atoms with Crippen molar-refractivity contribution in [3.8, 4) is 22.4 Å². The van der Waals surface area contributed by atoms with E-state index in [1.807, 2.05) is 12.1 Å². The lowest BCUT2D eigenvalue weighted by Gasteiger charge is -2.38. The van der Waals surface area contributed by atoms with Crippen molar-refractivity contribution < 1.29 is 17.6 Å². The lowest BCUT2D eigenvalue weighted by molar-refractivity contribution is 0.144. The number of halogens is 1. The molecule has 0 saturated carbocycles. The Kier molecular flexibility index (Phi) is 5.60. The number of amides is 2. The number of rotatable bonds is 4. The number of sulfone groups is 1. The molecule has 196 valence electrons. The number of anilines is 1. The van der Waals surface area contributed by atoms with Crippen LogP contribution < -0.4 is 11.5 Å². The maximum Gasteiger partial charge on any atom is 0.315 e. The summed E-state index contributed by atoms with van der Waals surface area (Å²) in [5.74, 6) is -0.529. The number of carbonyl (C=O) groups is 1. The topological polar surface area (TPSA) is 150 Å². The highest BCUT2D eigenvalue weighted by Gasteiger charge is 2.44. The molecule has 2 bridgehead atoms. The lowest BCUT2D eigenvalue weighted by Crippen LogP contribution is -2.48. The summed E-state index contributed by atoms with van der Waals surface area (Å²) >= 11 is 0. The van der Waals surface area contributed by atoms with Crippen LogP contribution in [0.3, 0.4) is 0 Å². The summed E-state index contributed by atoms with van der Waals surface area (Å²) in [5, 5.41) is 4.35. The van der Waals surface area contributed by atoms with E-state index in [1.54, 1.807) is 29.4 Å². The molecule has 2 amide bonds. The summed E-state index contributed by atoms with van der Waals surface area (Å²) in [5.41, 5.74) is 15.7. The molecule has 0 radical (unpaired) electrons. The maximum atomic E-state index is 13.3. The quantitative estimate of drug-likeness (QED) is 0.407. The molecule has 4 N–H and O–H groups in total. The third-order valence-electron chi connectivity index (χ3n) is 7.62. The van der Waals surface area contributed by atoms with Crippen LogP contribution in [-0.2, 0) is 9.84 Å². The average Bonchev–Trinajstić information content (AvgIpc) is 3.42. The summed E-state index contributed by atoms with van der Waals surface area (Å²) in [6.07, 6.45) is 7.13. The number of hydrogen-bond donors (Lipinski definition) is 2. The van der Waals surface area contributed by atoms with E-state index in [4.69, 9.17) is 16.5 Å². The van der Waals surface area contributed by atoms with Crippen molar-refractivity contribution in [2.75, 3.05) is 12.0 Å². The van der Waals surface area contributed by atoms with Gasteiger partial charge in [0.1, 0.15) is 16.5 Å². The molecule has 12 heteroatoms. The van der Waals surface area contributed by atoms with Crippen LogP contribution in [0, 0.1) is 5.82 Å². The zero-order chi connectivity index (χ0) is 26.8. The highest BCUT2D eigenvalue weighted by Crippen LogP contribution is 2.45. The number of carbonyl (C=O) groups excluding carboxylic acids is 1. The number of fused-ring (bicyclic) bond motifs is 3. The highest BCUT2D eigenvalue weighted by molar-refractivity contribution is 7.91. The molecule has 1 aromatic carbocycles. The van der Waals surface area contributed by atoms with E-state index in [9.17, 15) is 17.6 Å². The summed E-state index contributed by atoms with van der Waals surface area (Å²) in [4.78, 5) is 23.1. The van der Waals surface area contributed by atoms with Gasteiger partial charge in [-0.25, -0.2) is 22.6 Å². The van der Waals surface area contributed by atoms with Crippen LogP contribution in [-0.4, -0.2) is 57.3 Å². The van der Waals surface area contributed by atoms with Gasteiger partial charge in [0, 0.05) is 47.1 Å². The van der Waals surface area contributed by atoms with E-state index >= 15 is 0 Å². The zero-order valence-corrected chi connectivity index (χ0v) is 21.4. The number of aromatic nitrogens is 4. The molecule has 2 aliphatic rings. The first kappa shape index (κ1) is 24.3. The molecule has 3 atom stereocenters. The SMILES string of the molecule is CS(=O)(=O)c1c(C2CC3CC[C@@H](C2)N3C(N)=O)nc2c(-c3ccc(-c4ccc(F)cc4)nc3)cnn2c1N. The van der Waals surface area contributed by atoms with Gasteiger partial charge < -0.3 is 16.4 Å². The van der Waals surface area contributed by atoms with Gasteiger partial charge in [-0.15, -0.1) is 0 Å². The second kappa shape index (κ2) is 8.76. The van der Waals surface area contributed by atoms with E-state index in [-0.39, 0.29) is 34.5 Å². The number of pyridine rings is 1. The molecule has 0 aliphatic carbocycles. The van der Waals surface area contributed by atoms with E-state index in [0.29, 0.717) is 35.4 Å². The Morgan fingerprint density at radius 3 is 2.26 bits per heavy atom. The standard InChI is InChI=1S/C26H26FN7O3S/c1-38(36,37)23-22(16-10-18-7-8-19(11-16)33(18)26(29)35)32-25-20(13-31-34(25)24(23)28)15-4-9-21(30-12-15)14-2-5-17(27)6-3-14/h2-6,9,12-13,16,18-19H,7-8,10-11,28H2,1H3,(H2,29,35)/t16?,18-,19?/m0/s1. The predicted octanol–water partition coefficient (Wildman–Crippen LogP) is 3.37. The number of nitrogens with two attached hydrogens (primary N) is 2. The molecule has 4 aromatic rings. The largest absolute Gasteiger partial charge is 0.382 e. The van der Waals surface area contributed by atoms with Crippen LogP contribution >= 0.6 is 0 Å². The van der Waals surface area contributed by atoms with Gasteiger partial charge >= 0.3 is 6.03 Å². The Morgan fingerprint density at radius 2 is 1.68 bits per heavy atom. The van der Waals surface area contributed by atoms with Crippen LogP contribution in [0.15, 0.2) is 53.7 Å². The first-order valence-corrected chi connectivity index (χ1v) is 14.2. The van der Waals surface area contributed by atoms with Crippen LogP contribution in [0.5, 0.6) is 0 Å². The number of benzene rings is 1. The molecule has 6 rings (SSSR count). The first-order chi connectivity index (χ1) is 18.1. The summed E-state index contributed by atoms with van der Waals surface area (Å²) < 4.78 is 40.4. The molecule has 2 saturated heterocycles. The third kappa shape index (κ3) is 3.95. The van der Waals surface area contributed by atoms with Crippen LogP contribution in [0.4, 0.5) is 15.0 Å². The van der Waals surface area contributed by atoms with Crippen molar-refractivity contribution in [2.45, 2.75) is 48.6 Å². The summed E-state index contributed by atoms with van der Waals surface area (Å²) in [6.45, 7) is 0. The van der Waals surface area contributed by atoms with Gasteiger partial charge in [-0.05, 0) is 56.0 Å². The van der Waals surface area contributed by atoms with E-state index < -0.39 is 15.9 Å². The van der Waals surface area contributed by atoms with Gasteiger partial charge in [-0.2, -0.15) is 9.61 Å². The van der Waals surface area contributed by atoms with Crippen molar-refractivity contribution in [1.29, 1.82) is 0 Å². The molecule has 3 aromatic heterocycles. The van der Waals surface area contributed by atoms with Crippen molar-refractivity contribution >= 4 is 27.3 Å². The molecular formula is C26H26FN7O3S. The van der Waals surface area contributed by atoms with Gasteiger partial charge in [-0.3, -0.25) is 4.98 Å². The van der Waals surface area contributed by atoms with E-state index in [1.165, 1.54) is 16.6 Å². The minimum absolute atomic E-state index is 0.000630. The maximum absolute atomic E-state index is 13.3. The van der Waals surface area contributed by atoms with Crippen molar-refractivity contribution in [3.63, 3.8) is 0 Å². The molecule has 0 spiro atoms. The van der Waals surface area contributed by atoms with Crippen LogP contribution in [0.1, 0.15) is 37.3 Å². The molecule has 2 fully saturated rings. The highest BCUT2D eigenvalue weighted by atomic mass is 32.2.